The number of aromatic nitrogens is 1. The van der Waals surface area contributed by atoms with Crippen LogP contribution in [-0.4, -0.2) is 4.57 Å². The van der Waals surface area contributed by atoms with Gasteiger partial charge in [-0.05, 0) is 29.7 Å². The molecule has 0 saturated heterocycles. The molecular weight excluding hydrogens is 234 g/mol. The van der Waals surface area contributed by atoms with Crippen molar-refractivity contribution >= 4 is 22.5 Å². The zero-order valence-corrected chi connectivity index (χ0v) is 10.0. The van der Waals surface area contributed by atoms with E-state index in [0.717, 1.165) is 16.6 Å². The third kappa shape index (κ3) is 1.45. The number of aryl methyl sites for hydroxylation is 1. The van der Waals surface area contributed by atoms with Gasteiger partial charge in [0.25, 0.3) is 0 Å². The Morgan fingerprint density at radius 1 is 1.12 bits per heavy atom. The minimum Gasteiger partial charge on any atom is -0.342 e. The second kappa shape index (κ2) is 3.60. The van der Waals surface area contributed by atoms with Crippen molar-refractivity contribution in [2.45, 2.75) is 0 Å². The van der Waals surface area contributed by atoms with Gasteiger partial charge in [-0.25, -0.2) is 0 Å². The first-order chi connectivity index (χ1) is 8.18. The summed E-state index contributed by atoms with van der Waals surface area (Å²) in [6, 6.07) is 13.0. The normalized spacial score (nSPS) is 11.2. The van der Waals surface area contributed by atoms with Crippen LogP contribution in [0.1, 0.15) is 0 Å². The summed E-state index contributed by atoms with van der Waals surface area (Å²) >= 11 is 6.17. The van der Waals surface area contributed by atoms with E-state index < -0.39 is 0 Å². The third-order valence-corrected chi connectivity index (χ3v) is 3.37. The third-order valence-electron chi connectivity index (χ3n) is 3.06. The number of pyridine rings is 1. The molecule has 17 heavy (non-hydrogen) atoms. The summed E-state index contributed by atoms with van der Waals surface area (Å²) < 4.78 is 1.97. The molecular formula is C14H10ClNO. The fourth-order valence-electron chi connectivity index (χ4n) is 2.23. The van der Waals surface area contributed by atoms with Crippen LogP contribution in [0.25, 0.3) is 22.2 Å². The van der Waals surface area contributed by atoms with Crippen LogP contribution in [0.15, 0.2) is 47.3 Å². The van der Waals surface area contributed by atoms with E-state index in [1.807, 2.05) is 41.9 Å². The Kier molecular flexibility index (Phi) is 2.20. The van der Waals surface area contributed by atoms with Crippen LogP contribution in [0.5, 0.6) is 0 Å². The van der Waals surface area contributed by atoms with Crippen molar-refractivity contribution in [3.05, 3.63) is 57.7 Å². The van der Waals surface area contributed by atoms with E-state index in [9.17, 15) is 4.79 Å². The Bertz CT molecular complexity index is 745. The predicted molar refractivity (Wildman–Crippen MR) is 70.8 cm³/mol. The van der Waals surface area contributed by atoms with Crippen molar-refractivity contribution in [2.24, 2.45) is 7.05 Å². The molecule has 0 saturated carbocycles. The highest BCUT2D eigenvalue weighted by atomic mass is 35.5. The Hall–Kier alpha value is -1.80. The molecule has 0 bridgehead atoms. The van der Waals surface area contributed by atoms with Crippen molar-refractivity contribution in [1.82, 2.24) is 4.57 Å². The van der Waals surface area contributed by atoms with Crippen molar-refractivity contribution in [1.29, 1.82) is 0 Å². The highest BCUT2D eigenvalue weighted by molar-refractivity contribution is 6.33. The lowest BCUT2D eigenvalue weighted by Crippen LogP contribution is -2.10. The lowest BCUT2D eigenvalue weighted by molar-refractivity contribution is 0.960. The van der Waals surface area contributed by atoms with E-state index in [4.69, 9.17) is 11.6 Å². The highest BCUT2D eigenvalue weighted by Crippen LogP contribution is 2.30. The minimum atomic E-state index is 0.00533. The van der Waals surface area contributed by atoms with E-state index in [1.165, 1.54) is 6.07 Å². The summed E-state index contributed by atoms with van der Waals surface area (Å²) in [6.45, 7) is 0. The van der Waals surface area contributed by atoms with Crippen LogP contribution in [0, 0.1) is 0 Å². The molecule has 0 aromatic heterocycles. The van der Waals surface area contributed by atoms with E-state index in [2.05, 4.69) is 0 Å². The number of hydrogen-bond donors (Lipinski definition) is 0. The summed E-state index contributed by atoms with van der Waals surface area (Å²) in [5.41, 5.74) is 2.52. The fraction of sp³-hybridized carbons (Fsp3) is 0.0714. The van der Waals surface area contributed by atoms with Crippen molar-refractivity contribution in [3.8, 4) is 11.3 Å². The topological polar surface area (TPSA) is 22.0 Å². The van der Waals surface area contributed by atoms with E-state index in [0.29, 0.717) is 10.6 Å². The molecule has 2 nitrogen and oxygen atoms in total. The van der Waals surface area contributed by atoms with E-state index >= 15 is 0 Å². The zero-order chi connectivity index (χ0) is 12.0. The molecule has 0 radical (unpaired) electrons. The Morgan fingerprint density at radius 3 is 2.71 bits per heavy atom. The molecule has 1 aromatic rings. The van der Waals surface area contributed by atoms with Gasteiger partial charge in [0.05, 0.1) is 10.7 Å². The second-order valence-electron chi connectivity index (χ2n) is 4.07. The molecule has 3 heteroatoms. The average molecular weight is 244 g/mol. The minimum absolute atomic E-state index is 0.00533. The maximum Gasteiger partial charge on any atom is 0.188 e. The first-order valence-corrected chi connectivity index (χ1v) is 5.73. The summed E-state index contributed by atoms with van der Waals surface area (Å²) in [7, 11) is 1.93. The molecule has 1 heterocycles. The quantitative estimate of drug-likeness (QED) is 0.556. The molecule has 1 aliphatic heterocycles. The molecule has 84 valence electrons. The van der Waals surface area contributed by atoms with Gasteiger partial charge in [0.2, 0.25) is 0 Å². The van der Waals surface area contributed by atoms with Crippen LogP contribution in [0.3, 0.4) is 0 Å². The van der Waals surface area contributed by atoms with Gasteiger partial charge in [-0.15, -0.1) is 0 Å². The number of halogens is 1. The number of rotatable bonds is 0. The molecule has 0 amide bonds. The van der Waals surface area contributed by atoms with Gasteiger partial charge in [-0.2, -0.15) is 0 Å². The van der Waals surface area contributed by atoms with Gasteiger partial charge >= 0.3 is 0 Å². The summed E-state index contributed by atoms with van der Waals surface area (Å²) in [5.74, 6) is 0. The van der Waals surface area contributed by atoms with Crippen LogP contribution in [0.4, 0.5) is 0 Å². The fourth-order valence-corrected chi connectivity index (χ4v) is 2.53. The number of nitrogens with zero attached hydrogens (tertiary/aromatic N) is 1. The number of benzene rings is 2. The maximum absolute atomic E-state index is 11.9. The average Bonchev–Trinajstić information content (AvgIpc) is 2.34. The number of para-hydroxylation sites is 1. The van der Waals surface area contributed by atoms with Crippen molar-refractivity contribution in [3.63, 3.8) is 0 Å². The van der Waals surface area contributed by atoms with Gasteiger partial charge in [0, 0.05) is 18.1 Å². The van der Waals surface area contributed by atoms with Crippen molar-refractivity contribution in [2.75, 3.05) is 0 Å². The molecule has 0 atom stereocenters. The SMILES string of the molecule is Cn1c2c(Cl)ccc(=O)c-2cc2ccccc21. The van der Waals surface area contributed by atoms with Crippen LogP contribution in [0.2, 0.25) is 5.02 Å². The van der Waals surface area contributed by atoms with Gasteiger partial charge in [-0.3, -0.25) is 4.79 Å². The molecule has 0 N–H and O–H groups in total. The Balaban J connectivity index is 2.64. The van der Waals surface area contributed by atoms with Gasteiger partial charge in [0.15, 0.2) is 5.43 Å². The molecule has 0 fully saturated rings. The summed E-state index contributed by atoms with van der Waals surface area (Å²) in [4.78, 5) is 11.9. The van der Waals surface area contributed by atoms with Gasteiger partial charge < -0.3 is 4.57 Å². The van der Waals surface area contributed by atoms with Gasteiger partial charge in [-0.1, -0.05) is 29.8 Å². The Morgan fingerprint density at radius 2 is 1.88 bits per heavy atom. The molecule has 1 aliphatic carbocycles. The molecule has 3 rings (SSSR count). The monoisotopic (exact) mass is 243 g/mol. The predicted octanol–water partition coefficient (Wildman–Crippen LogP) is 3.30. The van der Waals surface area contributed by atoms with Crippen LogP contribution in [-0.2, 0) is 7.05 Å². The zero-order valence-electron chi connectivity index (χ0n) is 9.27. The lowest BCUT2D eigenvalue weighted by Gasteiger charge is -2.16. The smallest absolute Gasteiger partial charge is 0.188 e. The van der Waals surface area contributed by atoms with Crippen LogP contribution < -0.4 is 5.43 Å². The highest BCUT2D eigenvalue weighted by Gasteiger charge is 2.14. The summed E-state index contributed by atoms with van der Waals surface area (Å²) in [5, 5.41) is 1.65. The maximum atomic E-state index is 11.9. The molecule has 2 aliphatic rings. The molecule has 1 aromatic carbocycles. The van der Waals surface area contributed by atoms with E-state index in [1.54, 1.807) is 6.07 Å². The van der Waals surface area contributed by atoms with Crippen molar-refractivity contribution < 1.29 is 0 Å². The first kappa shape index (κ1) is 10.4. The van der Waals surface area contributed by atoms with Crippen LogP contribution >= 0.6 is 11.6 Å². The standard InChI is InChI=1S/C14H10ClNO/c1-16-12-5-3-2-4-9(12)8-10-13(17)7-6-11(15)14(10)16/h2-8H,1H3. The molecule has 0 unspecified atom stereocenters. The van der Waals surface area contributed by atoms with E-state index in [-0.39, 0.29) is 5.43 Å². The summed E-state index contributed by atoms with van der Waals surface area (Å²) in [6.07, 6.45) is 0. The first-order valence-electron chi connectivity index (χ1n) is 5.35. The largest absolute Gasteiger partial charge is 0.342 e. The lowest BCUT2D eigenvalue weighted by atomic mass is 10.0. The Labute approximate surface area is 103 Å². The molecule has 0 spiro atoms. The second-order valence-corrected chi connectivity index (χ2v) is 4.48. The number of hydrogen-bond acceptors (Lipinski definition) is 1. The number of fused-ring (bicyclic) bond motifs is 2. The van der Waals surface area contributed by atoms with Gasteiger partial charge in [0.1, 0.15) is 0 Å².